The maximum Gasteiger partial charge on any atom is 0.328 e. The molecule has 0 saturated heterocycles. The number of anilines is 1. The largest absolute Gasteiger partial charge is 0.494 e. The number of halogens is 1. The average molecular weight is 583 g/mol. The quantitative estimate of drug-likeness (QED) is 0.105. The summed E-state index contributed by atoms with van der Waals surface area (Å²) in [6, 6.07) is 29.0. The number of para-hydroxylation sites is 1. The van der Waals surface area contributed by atoms with Crippen LogP contribution in [0.3, 0.4) is 0 Å². The first kappa shape index (κ1) is 31.0. The molecule has 0 aliphatic heterocycles. The Bertz CT molecular complexity index is 1490. The molecule has 4 aromatic rings. The summed E-state index contributed by atoms with van der Waals surface area (Å²) < 4.78 is 23.8. The first-order valence-corrected chi connectivity index (χ1v) is 14.2. The van der Waals surface area contributed by atoms with Gasteiger partial charge in [0.15, 0.2) is 5.78 Å². The van der Waals surface area contributed by atoms with Crippen molar-refractivity contribution in [3.63, 3.8) is 0 Å². The molecule has 0 bridgehead atoms. The zero-order valence-corrected chi connectivity index (χ0v) is 24.1. The number of aryl methyl sites for hydroxylation is 1. The van der Waals surface area contributed by atoms with Crippen molar-refractivity contribution in [1.82, 2.24) is 5.32 Å². The molecule has 2 N–H and O–H groups in total. The first-order chi connectivity index (χ1) is 20.9. The van der Waals surface area contributed by atoms with Crippen LogP contribution in [0.1, 0.15) is 39.9 Å². The van der Waals surface area contributed by atoms with Crippen LogP contribution in [0.5, 0.6) is 5.75 Å². The van der Waals surface area contributed by atoms with Gasteiger partial charge in [-0.25, -0.2) is 9.18 Å². The summed E-state index contributed by atoms with van der Waals surface area (Å²) in [5.74, 6) is -0.261. The molecular formula is C35H35FN2O5. The van der Waals surface area contributed by atoms with Gasteiger partial charge in [-0.3, -0.25) is 9.59 Å². The van der Waals surface area contributed by atoms with Crippen LogP contribution < -0.4 is 15.4 Å². The lowest BCUT2D eigenvalue weighted by Gasteiger charge is -2.20. The van der Waals surface area contributed by atoms with Gasteiger partial charge in [-0.15, -0.1) is 0 Å². The van der Waals surface area contributed by atoms with Gasteiger partial charge in [0.1, 0.15) is 17.6 Å². The van der Waals surface area contributed by atoms with Crippen LogP contribution in [0.4, 0.5) is 10.1 Å². The minimum absolute atomic E-state index is 0.0606. The topological polar surface area (TPSA) is 93.7 Å². The Labute approximate surface area is 251 Å². The molecule has 0 spiro atoms. The van der Waals surface area contributed by atoms with Crippen molar-refractivity contribution in [2.45, 2.75) is 31.7 Å². The number of amides is 1. The third kappa shape index (κ3) is 9.53. The SMILES string of the molecule is COC(=O)[C@H](Cc1ccc(OCCCNC(=O)CCc2ccc(F)cc2)cc1)Nc1ccccc1C(=O)c1ccccc1. The molecule has 7 nitrogen and oxygen atoms in total. The molecule has 0 saturated carbocycles. The summed E-state index contributed by atoms with van der Waals surface area (Å²) >= 11 is 0. The van der Waals surface area contributed by atoms with Crippen LogP contribution in [-0.2, 0) is 27.2 Å². The van der Waals surface area contributed by atoms with Gasteiger partial charge in [-0.05, 0) is 60.4 Å². The molecule has 8 heteroatoms. The lowest BCUT2D eigenvalue weighted by Crippen LogP contribution is -2.33. The van der Waals surface area contributed by atoms with Gasteiger partial charge in [0.05, 0.1) is 13.7 Å². The number of ketones is 1. The van der Waals surface area contributed by atoms with Gasteiger partial charge in [0.25, 0.3) is 0 Å². The average Bonchev–Trinajstić information content (AvgIpc) is 3.04. The molecule has 0 fully saturated rings. The second-order valence-corrected chi connectivity index (χ2v) is 9.99. The second-order valence-electron chi connectivity index (χ2n) is 9.99. The monoisotopic (exact) mass is 582 g/mol. The summed E-state index contributed by atoms with van der Waals surface area (Å²) in [6.45, 7) is 0.914. The predicted molar refractivity (Wildman–Crippen MR) is 164 cm³/mol. The highest BCUT2D eigenvalue weighted by Crippen LogP contribution is 2.22. The van der Waals surface area contributed by atoms with E-state index in [-0.39, 0.29) is 17.5 Å². The fourth-order valence-electron chi connectivity index (χ4n) is 4.52. The molecule has 4 rings (SSSR count). The van der Waals surface area contributed by atoms with E-state index in [4.69, 9.17) is 9.47 Å². The summed E-state index contributed by atoms with van der Waals surface area (Å²) in [5.41, 5.74) is 3.38. The number of ether oxygens (including phenoxy) is 2. The Morgan fingerprint density at radius 2 is 1.49 bits per heavy atom. The van der Waals surface area contributed by atoms with E-state index in [0.29, 0.717) is 61.4 Å². The van der Waals surface area contributed by atoms with Crippen molar-refractivity contribution in [1.29, 1.82) is 0 Å². The van der Waals surface area contributed by atoms with Crippen LogP contribution in [0.2, 0.25) is 0 Å². The summed E-state index contributed by atoms with van der Waals surface area (Å²) in [7, 11) is 1.34. The van der Waals surface area contributed by atoms with Crippen molar-refractivity contribution in [2.75, 3.05) is 25.6 Å². The van der Waals surface area contributed by atoms with E-state index in [0.717, 1.165) is 11.1 Å². The third-order valence-corrected chi connectivity index (χ3v) is 6.85. The lowest BCUT2D eigenvalue weighted by atomic mass is 10.00. The highest BCUT2D eigenvalue weighted by Gasteiger charge is 2.22. The summed E-state index contributed by atoms with van der Waals surface area (Å²) in [4.78, 5) is 37.9. The number of hydrogen-bond donors (Lipinski definition) is 2. The number of rotatable bonds is 15. The molecule has 43 heavy (non-hydrogen) atoms. The lowest BCUT2D eigenvalue weighted by molar-refractivity contribution is -0.141. The van der Waals surface area contributed by atoms with E-state index in [1.165, 1.54) is 19.2 Å². The minimum Gasteiger partial charge on any atom is -0.494 e. The van der Waals surface area contributed by atoms with E-state index in [1.807, 2.05) is 48.5 Å². The smallest absolute Gasteiger partial charge is 0.328 e. The number of hydrogen-bond acceptors (Lipinski definition) is 6. The van der Waals surface area contributed by atoms with E-state index >= 15 is 0 Å². The predicted octanol–water partition coefficient (Wildman–Crippen LogP) is 5.77. The van der Waals surface area contributed by atoms with Gasteiger partial charge in [-0.2, -0.15) is 0 Å². The van der Waals surface area contributed by atoms with Crippen molar-refractivity contribution >= 4 is 23.3 Å². The molecule has 0 aliphatic rings. The molecule has 222 valence electrons. The van der Waals surface area contributed by atoms with Crippen LogP contribution in [0.15, 0.2) is 103 Å². The molecule has 1 atom stereocenters. The van der Waals surface area contributed by atoms with E-state index in [1.54, 1.807) is 42.5 Å². The maximum atomic E-state index is 13.1. The molecule has 0 heterocycles. The summed E-state index contributed by atoms with van der Waals surface area (Å²) in [6.07, 6.45) is 1.87. The first-order valence-electron chi connectivity index (χ1n) is 14.2. The van der Waals surface area contributed by atoms with E-state index in [9.17, 15) is 18.8 Å². The summed E-state index contributed by atoms with van der Waals surface area (Å²) in [5, 5.41) is 6.09. The second kappa shape index (κ2) is 15.9. The molecule has 4 aromatic carbocycles. The van der Waals surface area contributed by atoms with Gasteiger partial charge >= 0.3 is 5.97 Å². The Kier molecular flexibility index (Phi) is 11.4. The van der Waals surface area contributed by atoms with Crippen LogP contribution in [-0.4, -0.2) is 44.0 Å². The van der Waals surface area contributed by atoms with Crippen molar-refractivity contribution in [3.8, 4) is 5.75 Å². The third-order valence-electron chi connectivity index (χ3n) is 6.85. The van der Waals surface area contributed by atoms with Gasteiger partial charge in [0, 0.05) is 36.2 Å². The van der Waals surface area contributed by atoms with Crippen molar-refractivity contribution in [2.24, 2.45) is 0 Å². The molecule has 0 aliphatic carbocycles. The zero-order chi connectivity index (χ0) is 30.4. The van der Waals surface area contributed by atoms with E-state index < -0.39 is 12.0 Å². The van der Waals surface area contributed by atoms with E-state index in [2.05, 4.69) is 10.6 Å². The number of carbonyl (C=O) groups excluding carboxylic acids is 3. The Morgan fingerprint density at radius 1 is 0.814 bits per heavy atom. The molecule has 0 aromatic heterocycles. The molecule has 1 amide bonds. The molecular weight excluding hydrogens is 547 g/mol. The molecule has 0 unspecified atom stereocenters. The van der Waals surface area contributed by atoms with Crippen molar-refractivity contribution in [3.05, 3.63) is 131 Å². The highest BCUT2D eigenvalue weighted by molar-refractivity contribution is 6.12. The van der Waals surface area contributed by atoms with Gasteiger partial charge in [-0.1, -0.05) is 66.7 Å². The minimum atomic E-state index is -0.715. The number of esters is 1. The Balaban J connectivity index is 1.25. The zero-order valence-electron chi connectivity index (χ0n) is 24.1. The maximum absolute atomic E-state index is 13.1. The number of benzene rings is 4. The van der Waals surface area contributed by atoms with Crippen LogP contribution >= 0.6 is 0 Å². The van der Waals surface area contributed by atoms with Gasteiger partial charge in [0.2, 0.25) is 5.91 Å². The fourth-order valence-corrected chi connectivity index (χ4v) is 4.52. The van der Waals surface area contributed by atoms with Gasteiger partial charge < -0.3 is 20.1 Å². The fraction of sp³-hybridized carbons (Fsp3) is 0.229. The van der Waals surface area contributed by atoms with Crippen LogP contribution in [0, 0.1) is 5.82 Å². The normalized spacial score (nSPS) is 11.3. The highest BCUT2D eigenvalue weighted by atomic mass is 19.1. The number of carbonyl (C=O) groups is 3. The molecule has 0 radical (unpaired) electrons. The number of methoxy groups -OCH3 is 1. The standard InChI is InChI=1S/C35H35FN2O5/c1-42-35(41)32(38-31-11-6-5-10-30(31)34(40)27-8-3-2-4-9-27)24-26-14-19-29(20-15-26)43-23-7-22-37-33(39)21-16-25-12-17-28(36)18-13-25/h2-6,8-15,17-20,32,38H,7,16,21-24H2,1H3,(H,37,39)/t32-/m0/s1. The Morgan fingerprint density at radius 3 is 2.21 bits per heavy atom. The van der Waals surface area contributed by atoms with Crippen molar-refractivity contribution < 1.29 is 28.2 Å². The Hall–Kier alpha value is -4.98. The number of nitrogens with one attached hydrogen (secondary N) is 2. The van der Waals surface area contributed by atoms with Crippen LogP contribution in [0.25, 0.3) is 0 Å².